The molecule has 2 heterocycles. The molecule has 4 nitrogen and oxygen atoms in total. The zero-order valence-electron chi connectivity index (χ0n) is 15.5. The molecule has 28 heavy (non-hydrogen) atoms. The van der Waals surface area contributed by atoms with Crippen LogP contribution in [0, 0.1) is 6.92 Å². The third kappa shape index (κ3) is 3.88. The highest BCUT2D eigenvalue weighted by atomic mass is 79.9. The van der Waals surface area contributed by atoms with E-state index in [1.54, 1.807) is 35.6 Å². The van der Waals surface area contributed by atoms with Crippen molar-refractivity contribution in [3.63, 3.8) is 0 Å². The number of benzene rings is 2. The molecule has 7 heteroatoms. The van der Waals surface area contributed by atoms with Gasteiger partial charge in [0.25, 0.3) is 0 Å². The number of hydrogen-bond acceptors (Lipinski definition) is 5. The van der Waals surface area contributed by atoms with Crippen molar-refractivity contribution in [1.82, 2.24) is 4.98 Å². The lowest BCUT2D eigenvalue weighted by atomic mass is 10.1. The van der Waals surface area contributed by atoms with Crippen molar-refractivity contribution in [2.24, 2.45) is 0 Å². The summed E-state index contributed by atoms with van der Waals surface area (Å²) in [7, 11) is -3.29. The molecule has 0 bridgehead atoms. The van der Waals surface area contributed by atoms with E-state index in [2.05, 4.69) is 45.3 Å². The Bertz CT molecular complexity index is 1070. The monoisotopic (exact) mass is 476 g/mol. The van der Waals surface area contributed by atoms with Gasteiger partial charge in [0.2, 0.25) is 0 Å². The van der Waals surface area contributed by atoms with Crippen LogP contribution in [0.1, 0.15) is 18.4 Å². The van der Waals surface area contributed by atoms with Gasteiger partial charge in [0.05, 0.1) is 15.8 Å². The molecule has 0 atom stereocenters. The summed E-state index contributed by atoms with van der Waals surface area (Å²) in [6.07, 6.45) is 1.25. The predicted molar refractivity (Wildman–Crippen MR) is 119 cm³/mol. The summed E-state index contributed by atoms with van der Waals surface area (Å²) in [5.41, 5.74) is 3.35. The van der Waals surface area contributed by atoms with E-state index >= 15 is 0 Å². The molecule has 0 aliphatic carbocycles. The zero-order valence-corrected chi connectivity index (χ0v) is 18.7. The second kappa shape index (κ2) is 7.97. The molecule has 4 rings (SSSR count). The van der Waals surface area contributed by atoms with E-state index < -0.39 is 9.84 Å². The van der Waals surface area contributed by atoms with Crippen LogP contribution >= 0.6 is 27.3 Å². The molecule has 3 aromatic rings. The van der Waals surface area contributed by atoms with Gasteiger partial charge in [-0.25, -0.2) is 13.4 Å². The number of piperidine rings is 1. The van der Waals surface area contributed by atoms with E-state index in [4.69, 9.17) is 4.98 Å². The fourth-order valence-electron chi connectivity index (χ4n) is 3.57. The van der Waals surface area contributed by atoms with Gasteiger partial charge in [-0.15, -0.1) is 11.3 Å². The maximum atomic E-state index is 12.9. The predicted octanol–water partition coefficient (Wildman–Crippen LogP) is 5.32. The molecule has 1 fully saturated rings. The van der Waals surface area contributed by atoms with Gasteiger partial charge < -0.3 is 4.90 Å². The highest BCUT2D eigenvalue weighted by molar-refractivity contribution is 9.10. The third-order valence-corrected chi connectivity index (χ3v) is 8.91. The highest BCUT2D eigenvalue weighted by Gasteiger charge is 2.32. The first-order valence-corrected chi connectivity index (χ1v) is 12.4. The molecule has 146 valence electrons. The molecule has 0 unspecified atom stereocenters. The number of nitrogens with zero attached hydrogens (tertiary/aromatic N) is 2. The van der Waals surface area contributed by atoms with E-state index in [1.807, 2.05) is 12.1 Å². The molecule has 1 aromatic heterocycles. The van der Waals surface area contributed by atoms with Crippen molar-refractivity contribution in [2.75, 3.05) is 18.0 Å². The van der Waals surface area contributed by atoms with Crippen LogP contribution < -0.4 is 4.90 Å². The molecule has 0 radical (unpaired) electrons. The standard InChI is InChI=1S/C21H21BrN2O2S2/c1-15-4-2-3-5-19(15)20-14-27-21(23-20)24-12-10-18(11-13-24)28(25,26)17-8-6-16(22)7-9-17/h2-9,14,18H,10-13H2,1H3. The summed E-state index contributed by atoms with van der Waals surface area (Å²) in [5.74, 6) is 0. The van der Waals surface area contributed by atoms with Crippen molar-refractivity contribution in [2.45, 2.75) is 29.9 Å². The van der Waals surface area contributed by atoms with E-state index in [0.29, 0.717) is 30.8 Å². The van der Waals surface area contributed by atoms with E-state index in [1.165, 1.54) is 5.56 Å². The molecule has 0 N–H and O–H groups in total. The lowest BCUT2D eigenvalue weighted by Gasteiger charge is -2.31. The number of hydrogen-bond donors (Lipinski definition) is 0. The molecular formula is C21H21BrN2O2S2. The molecule has 1 saturated heterocycles. The average Bonchev–Trinajstić information content (AvgIpc) is 3.19. The molecule has 2 aromatic carbocycles. The number of aryl methyl sites for hydroxylation is 1. The zero-order chi connectivity index (χ0) is 19.7. The minimum atomic E-state index is -3.29. The Morgan fingerprint density at radius 1 is 1.07 bits per heavy atom. The quantitative estimate of drug-likeness (QED) is 0.510. The molecule has 0 saturated carbocycles. The van der Waals surface area contributed by atoms with Gasteiger partial charge in [0, 0.05) is 28.5 Å². The first kappa shape index (κ1) is 19.6. The topological polar surface area (TPSA) is 50.3 Å². The second-order valence-electron chi connectivity index (χ2n) is 7.02. The number of rotatable bonds is 4. The van der Waals surface area contributed by atoms with Crippen LogP contribution in [-0.2, 0) is 9.84 Å². The van der Waals surface area contributed by atoms with Crippen LogP contribution in [0.25, 0.3) is 11.3 Å². The normalized spacial score (nSPS) is 15.7. The highest BCUT2D eigenvalue weighted by Crippen LogP contribution is 2.32. The van der Waals surface area contributed by atoms with Crippen LogP contribution in [0.4, 0.5) is 5.13 Å². The Balaban J connectivity index is 1.46. The fourth-order valence-corrected chi connectivity index (χ4v) is 6.44. The summed E-state index contributed by atoms with van der Waals surface area (Å²) in [6, 6.07) is 15.2. The van der Waals surface area contributed by atoms with Crippen molar-refractivity contribution in [3.05, 3.63) is 63.9 Å². The van der Waals surface area contributed by atoms with Gasteiger partial charge in [-0.1, -0.05) is 40.2 Å². The summed E-state index contributed by atoms with van der Waals surface area (Å²) in [5, 5.41) is 2.72. The van der Waals surface area contributed by atoms with Crippen molar-refractivity contribution < 1.29 is 8.42 Å². The molecule has 1 aliphatic heterocycles. The van der Waals surface area contributed by atoms with Crippen LogP contribution in [0.5, 0.6) is 0 Å². The van der Waals surface area contributed by atoms with Crippen LogP contribution in [-0.4, -0.2) is 31.7 Å². The minimum Gasteiger partial charge on any atom is -0.348 e. The number of halogens is 1. The van der Waals surface area contributed by atoms with Gasteiger partial charge in [-0.3, -0.25) is 0 Å². The summed E-state index contributed by atoms with van der Waals surface area (Å²) < 4.78 is 26.7. The average molecular weight is 477 g/mol. The van der Waals surface area contributed by atoms with Crippen LogP contribution in [0.15, 0.2) is 63.3 Å². The van der Waals surface area contributed by atoms with Gasteiger partial charge in [0.1, 0.15) is 0 Å². The van der Waals surface area contributed by atoms with Crippen molar-refractivity contribution in [3.8, 4) is 11.3 Å². The Morgan fingerprint density at radius 3 is 2.43 bits per heavy atom. The van der Waals surface area contributed by atoms with E-state index in [9.17, 15) is 8.42 Å². The summed E-state index contributed by atoms with van der Waals surface area (Å²) in [4.78, 5) is 7.43. The number of aromatic nitrogens is 1. The lowest BCUT2D eigenvalue weighted by Crippen LogP contribution is -2.39. The SMILES string of the molecule is Cc1ccccc1-c1csc(N2CCC(S(=O)(=O)c3ccc(Br)cc3)CC2)n1. The van der Waals surface area contributed by atoms with Crippen LogP contribution in [0.3, 0.4) is 0 Å². The maximum absolute atomic E-state index is 12.9. The fraction of sp³-hybridized carbons (Fsp3) is 0.286. The van der Waals surface area contributed by atoms with Gasteiger partial charge in [-0.2, -0.15) is 0 Å². The minimum absolute atomic E-state index is 0.333. The smallest absolute Gasteiger partial charge is 0.185 e. The second-order valence-corrected chi connectivity index (χ2v) is 11.0. The largest absolute Gasteiger partial charge is 0.348 e. The molecule has 0 amide bonds. The Morgan fingerprint density at radius 2 is 1.75 bits per heavy atom. The first-order valence-electron chi connectivity index (χ1n) is 9.21. The number of thiazole rings is 1. The molecule has 0 spiro atoms. The van der Waals surface area contributed by atoms with E-state index in [-0.39, 0.29) is 5.25 Å². The van der Waals surface area contributed by atoms with Gasteiger partial charge in [0.15, 0.2) is 15.0 Å². The van der Waals surface area contributed by atoms with Gasteiger partial charge >= 0.3 is 0 Å². The van der Waals surface area contributed by atoms with Gasteiger partial charge in [-0.05, 0) is 49.6 Å². The first-order chi connectivity index (χ1) is 13.4. The maximum Gasteiger partial charge on any atom is 0.185 e. The number of sulfone groups is 1. The summed E-state index contributed by atoms with van der Waals surface area (Å²) in [6.45, 7) is 3.51. The lowest BCUT2D eigenvalue weighted by molar-refractivity contribution is 0.529. The number of anilines is 1. The van der Waals surface area contributed by atoms with E-state index in [0.717, 1.165) is 20.9 Å². The van der Waals surface area contributed by atoms with Crippen molar-refractivity contribution in [1.29, 1.82) is 0 Å². The Hall–Kier alpha value is -1.70. The van der Waals surface area contributed by atoms with Crippen molar-refractivity contribution >= 4 is 42.2 Å². The summed E-state index contributed by atoms with van der Waals surface area (Å²) >= 11 is 4.98. The Kier molecular flexibility index (Phi) is 5.58. The molecule has 1 aliphatic rings. The Labute approximate surface area is 178 Å². The third-order valence-electron chi connectivity index (χ3n) is 5.21. The van der Waals surface area contributed by atoms with Crippen LogP contribution in [0.2, 0.25) is 0 Å². The molecular weight excluding hydrogens is 456 g/mol.